The Bertz CT molecular complexity index is 789. The lowest BCUT2D eigenvalue weighted by Crippen LogP contribution is -2.47. The zero-order valence-electron chi connectivity index (χ0n) is 17.0. The second kappa shape index (κ2) is 10.1. The third kappa shape index (κ3) is 5.81. The Kier molecular flexibility index (Phi) is 7.25. The molecule has 1 aliphatic rings. The average Bonchev–Trinajstić information content (AvgIpc) is 2.78. The normalized spacial score (nSPS) is 15.6. The lowest BCUT2D eigenvalue weighted by atomic mass is 9.96. The standard InChI is InChI=1S/C23H30N4O2/c1-26(17-18-8-4-2-5-9-18)23(29)27-14-12-20(13-15-27)22(28)25-16-21(24)19-10-6-3-7-11-19/h2-11,20-21H,12-17,24H2,1H3,(H,25,28). The Balaban J connectivity index is 1.42. The van der Waals surface area contributed by atoms with Crippen LogP contribution in [0.15, 0.2) is 60.7 Å². The first-order valence-corrected chi connectivity index (χ1v) is 10.2. The maximum atomic E-state index is 12.7. The van der Waals surface area contributed by atoms with Gasteiger partial charge < -0.3 is 20.9 Å². The van der Waals surface area contributed by atoms with Crippen LogP contribution in [0.1, 0.15) is 30.0 Å². The van der Waals surface area contributed by atoms with Gasteiger partial charge in [-0.05, 0) is 24.0 Å². The number of nitrogens with two attached hydrogens (primary N) is 1. The monoisotopic (exact) mass is 394 g/mol. The fourth-order valence-electron chi connectivity index (χ4n) is 3.67. The summed E-state index contributed by atoms with van der Waals surface area (Å²) < 4.78 is 0. The van der Waals surface area contributed by atoms with E-state index in [1.165, 1.54) is 0 Å². The number of hydrogen-bond donors (Lipinski definition) is 2. The SMILES string of the molecule is CN(Cc1ccccc1)C(=O)N1CCC(C(=O)NCC(N)c2ccccc2)CC1. The van der Waals surface area contributed by atoms with E-state index in [1.54, 1.807) is 4.90 Å². The minimum atomic E-state index is -0.214. The van der Waals surface area contributed by atoms with Crippen LogP contribution in [-0.2, 0) is 11.3 Å². The van der Waals surface area contributed by atoms with E-state index >= 15 is 0 Å². The van der Waals surface area contributed by atoms with Gasteiger partial charge in [0.15, 0.2) is 0 Å². The minimum absolute atomic E-state index is 0.0128. The summed E-state index contributed by atoms with van der Waals surface area (Å²) in [5.74, 6) is -0.0393. The van der Waals surface area contributed by atoms with Crippen LogP contribution in [0.5, 0.6) is 0 Å². The molecule has 154 valence electrons. The molecule has 2 aromatic carbocycles. The molecule has 0 aliphatic carbocycles. The molecular weight excluding hydrogens is 364 g/mol. The predicted octanol–water partition coefficient (Wildman–Crippen LogP) is 2.77. The van der Waals surface area contributed by atoms with Crippen molar-refractivity contribution in [2.45, 2.75) is 25.4 Å². The number of nitrogens with zero attached hydrogens (tertiary/aromatic N) is 2. The Morgan fingerprint density at radius 1 is 1.07 bits per heavy atom. The quantitative estimate of drug-likeness (QED) is 0.791. The van der Waals surface area contributed by atoms with Gasteiger partial charge in [-0.25, -0.2) is 4.79 Å². The highest BCUT2D eigenvalue weighted by Gasteiger charge is 2.28. The van der Waals surface area contributed by atoms with Crippen LogP contribution in [0.4, 0.5) is 4.79 Å². The van der Waals surface area contributed by atoms with Crippen molar-refractivity contribution in [3.05, 3.63) is 71.8 Å². The number of urea groups is 1. The van der Waals surface area contributed by atoms with E-state index < -0.39 is 0 Å². The molecule has 1 fully saturated rings. The molecule has 3 N–H and O–H groups in total. The van der Waals surface area contributed by atoms with Gasteiger partial charge in [0, 0.05) is 45.2 Å². The Morgan fingerprint density at radius 3 is 2.28 bits per heavy atom. The van der Waals surface area contributed by atoms with Crippen molar-refractivity contribution < 1.29 is 9.59 Å². The first-order valence-electron chi connectivity index (χ1n) is 10.2. The maximum absolute atomic E-state index is 12.7. The highest BCUT2D eigenvalue weighted by Crippen LogP contribution is 2.19. The van der Waals surface area contributed by atoms with Gasteiger partial charge in [-0.3, -0.25) is 4.79 Å². The lowest BCUT2D eigenvalue weighted by Gasteiger charge is -2.34. The Hall–Kier alpha value is -2.86. The fraction of sp³-hybridized carbons (Fsp3) is 0.391. The summed E-state index contributed by atoms with van der Waals surface area (Å²) in [6.45, 7) is 2.20. The van der Waals surface area contributed by atoms with E-state index in [9.17, 15) is 9.59 Å². The third-order valence-electron chi connectivity index (χ3n) is 5.45. The maximum Gasteiger partial charge on any atom is 0.320 e. The zero-order chi connectivity index (χ0) is 20.6. The van der Waals surface area contributed by atoms with Gasteiger partial charge in [-0.2, -0.15) is 0 Å². The number of carbonyl (C=O) groups excluding carboxylic acids is 2. The molecule has 1 heterocycles. The molecule has 0 saturated carbocycles. The van der Waals surface area contributed by atoms with Crippen LogP contribution in [0.25, 0.3) is 0 Å². The van der Waals surface area contributed by atoms with Crippen LogP contribution in [0, 0.1) is 5.92 Å². The highest BCUT2D eigenvalue weighted by molar-refractivity contribution is 5.79. The molecule has 2 aromatic rings. The van der Waals surface area contributed by atoms with E-state index in [0.29, 0.717) is 39.0 Å². The largest absolute Gasteiger partial charge is 0.354 e. The number of amides is 3. The summed E-state index contributed by atoms with van der Waals surface area (Å²) in [6.07, 6.45) is 1.36. The van der Waals surface area contributed by atoms with Crippen molar-refractivity contribution in [1.29, 1.82) is 0 Å². The second-order valence-corrected chi connectivity index (χ2v) is 7.65. The summed E-state index contributed by atoms with van der Waals surface area (Å²) in [6, 6.07) is 19.5. The second-order valence-electron chi connectivity index (χ2n) is 7.65. The molecule has 3 rings (SSSR count). The van der Waals surface area contributed by atoms with Gasteiger partial charge >= 0.3 is 6.03 Å². The van der Waals surface area contributed by atoms with Crippen LogP contribution in [0.3, 0.4) is 0 Å². The minimum Gasteiger partial charge on any atom is -0.354 e. The molecule has 1 aliphatic heterocycles. The summed E-state index contributed by atoms with van der Waals surface area (Å²) in [7, 11) is 1.82. The van der Waals surface area contributed by atoms with E-state index in [2.05, 4.69) is 5.32 Å². The number of piperidine rings is 1. The van der Waals surface area contributed by atoms with Gasteiger partial charge in [0.2, 0.25) is 5.91 Å². The summed E-state index contributed by atoms with van der Waals surface area (Å²) in [5, 5.41) is 2.97. The van der Waals surface area contributed by atoms with Gasteiger partial charge in [0.25, 0.3) is 0 Å². The van der Waals surface area contributed by atoms with Gasteiger partial charge in [0.1, 0.15) is 0 Å². The fourth-order valence-corrected chi connectivity index (χ4v) is 3.67. The van der Waals surface area contributed by atoms with Crippen molar-refractivity contribution >= 4 is 11.9 Å². The van der Waals surface area contributed by atoms with Crippen molar-refractivity contribution in [2.24, 2.45) is 11.7 Å². The first kappa shape index (κ1) is 20.9. The Labute approximate surface area is 172 Å². The molecule has 6 nitrogen and oxygen atoms in total. The average molecular weight is 395 g/mol. The molecular formula is C23H30N4O2. The van der Waals surface area contributed by atoms with Crippen LogP contribution >= 0.6 is 0 Å². The van der Waals surface area contributed by atoms with Crippen molar-refractivity contribution in [3.8, 4) is 0 Å². The van der Waals surface area contributed by atoms with Crippen LogP contribution in [-0.4, -0.2) is 48.4 Å². The van der Waals surface area contributed by atoms with Gasteiger partial charge in [0.05, 0.1) is 0 Å². The number of nitrogens with one attached hydrogen (secondary N) is 1. The number of rotatable bonds is 6. The van der Waals surface area contributed by atoms with E-state index in [4.69, 9.17) is 5.73 Å². The van der Waals surface area contributed by atoms with Crippen molar-refractivity contribution in [2.75, 3.05) is 26.7 Å². The van der Waals surface area contributed by atoms with Crippen molar-refractivity contribution in [3.63, 3.8) is 0 Å². The summed E-state index contributed by atoms with van der Waals surface area (Å²) in [5.41, 5.74) is 8.27. The first-order chi connectivity index (χ1) is 14.0. The molecule has 3 amide bonds. The molecule has 0 aromatic heterocycles. The lowest BCUT2D eigenvalue weighted by molar-refractivity contribution is -0.126. The highest BCUT2D eigenvalue weighted by atomic mass is 16.2. The Morgan fingerprint density at radius 2 is 1.66 bits per heavy atom. The molecule has 0 spiro atoms. The summed E-state index contributed by atoms with van der Waals surface area (Å²) >= 11 is 0. The molecule has 1 saturated heterocycles. The number of carbonyl (C=O) groups is 2. The molecule has 1 atom stereocenters. The zero-order valence-corrected chi connectivity index (χ0v) is 17.0. The van der Waals surface area contributed by atoms with Crippen LogP contribution < -0.4 is 11.1 Å². The molecule has 1 unspecified atom stereocenters. The molecule has 29 heavy (non-hydrogen) atoms. The van der Waals surface area contributed by atoms with Gasteiger partial charge in [-0.15, -0.1) is 0 Å². The number of likely N-dealkylation sites (tertiary alicyclic amines) is 1. The van der Waals surface area contributed by atoms with E-state index in [1.807, 2.05) is 72.6 Å². The summed E-state index contributed by atoms with van der Waals surface area (Å²) in [4.78, 5) is 28.8. The van der Waals surface area contributed by atoms with E-state index in [-0.39, 0.29) is 23.9 Å². The van der Waals surface area contributed by atoms with Crippen LogP contribution in [0.2, 0.25) is 0 Å². The smallest absolute Gasteiger partial charge is 0.320 e. The number of benzene rings is 2. The van der Waals surface area contributed by atoms with Crippen molar-refractivity contribution in [1.82, 2.24) is 15.1 Å². The number of hydrogen-bond acceptors (Lipinski definition) is 3. The predicted molar refractivity (Wildman–Crippen MR) is 114 cm³/mol. The topological polar surface area (TPSA) is 78.7 Å². The van der Waals surface area contributed by atoms with E-state index in [0.717, 1.165) is 11.1 Å². The molecule has 6 heteroatoms. The molecule has 0 bridgehead atoms. The van der Waals surface area contributed by atoms with Gasteiger partial charge in [-0.1, -0.05) is 60.7 Å². The third-order valence-corrected chi connectivity index (χ3v) is 5.45. The molecule has 0 radical (unpaired) electrons.